The highest BCUT2D eigenvalue weighted by Gasteiger charge is 2.35. The van der Waals surface area contributed by atoms with Gasteiger partial charge >= 0.3 is 0 Å². The minimum Gasteiger partial charge on any atom is -0.352 e. The zero-order valence-corrected chi connectivity index (χ0v) is 13.5. The molecule has 2 aliphatic rings. The third kappa shape index (κ3) is 4.44. The summed E-state index contributed by atoms with van der Waals surface area (Å²) in [4.78, 5) is 25.9. The molecular formula is C16H26N4O2. The van der Waals surface area contributed by atoms with Gasteiger partial charge in [-0.1, -0.05) is 19.3 Å². The lowest BCUT2D eigenvalue weighted by Crippen LogP contribution is -2.55. The third-order valence-corrected chi connectivity index (χ3v) is 4.66. The lowest BCUT2D eigenvalue weighted by Gasteiger charge is -2.34. The van der Waals surface area contributed by atoms with Gasteiger partial charge in [-0.25, -0.2) is 0 Å². The molecule has 0 bridgehead atoms. The van der Waals surface area contributed by atoms with E-state index in [-0.39, 0.29) is 18.4 Å². The van der Waals surface area contributed by atoms with Crippen LogP contribution in [0.15, 0.2) is 0 Å². The average Bonchev–Trinajstić information content (AvgIpc) is 3.31. The summed E-state index contributed by atoms with van der Waals surface area (Å²) in [6.45, 7) is 1.97. The second-order valence-electron chi connectivity index (χ2n) is 6.68. The fourth-order valence-electron chi connectivity index (χ4n) is 2.82. The van der Waals surface area contributed by atoms with E-state index in [0.29, 0.717) is 18.9 Å². The van der Waals surface area contributed by atoms with Gasteiger partial charge in [0.15, 0.2) is 0 Å². The van der Waals surface area contributed by atoms with Gasteiger partial charge in [-0.3, -0.25) is 14.5 Å². The lowest BCUT2D eigenvalue weighted by atomic mass is 9.82. The van der Waals surface area contributed by atoms with Crippen molar-refractivity contribution >= 4 is 11.8 Å². The Bertz CT molecular complexity index is 461. The molecule has 2 aliphatic carbocycles. The lowest BCUT2D eigenvalue weighted by molar-refractivity contribution is -0.129. The first kappa shape index (κ1) is 16.8. The van der Waals surface area contributed by atoms with Crippen LogP contribution in [0.25, 0.3) is 0 Å². The summed E-state index contributed by atoms with van der Waals surface area (Å²) < 4.78 is 0. The topological polar surface area (TPSA) is 85.2 Å². The summed E-state index contributed by atoms with van der Waals surface area (Å²) in [5.41, 5.74) is -0.722. The molecule has 2 amide bonds. The minimum atomic E-state index is -0.722. The van der Waals surface area contributed by atoms with Gasteiger partial charge in [0.1, 0.15) is 5.54 Å². The van der Waals surface area contributed by atoms with Crippen LogP contribution in [0.3, 0.4) is 0 Å². The fraction of sp³-hybridized carbons (Fsp3) is 0.812. The second-order valence-corrected chi connectivity index (χ2v) is 6.68. The van der Waals surface area contributed by atoms with Gasteiger partial charge in [0, 0.05) is 6.04 Å². The third-order valence-electron chi connectivity index (χ3n) is 4.66. The van der Waals surface area contributed by atoms with Crippen molar-refractivity contribution < 1.29 is 9.59 Å². The fourth-order valence-corrected chi connectivity index (χ4v) is 2.82. The molecule has 6 nitrogen and oxygen atoms in total. The van der Waals surface area contributed by atoms with Gasteiger partial charge in [0.2, 0.25) is 11.8 Å². The highest BCUT2D eigenvalue weighted by molar-refractivity contribution is 5.84. The molecule has 0 aromatic carbocycles. The number of rotatable bonds is 6. The molecule has 6 heteroatoms. The molecule has 0 spiro atoms. The van der Waals surface area contributed by atoms with Crippen LogP contribution < -0.4 is 10.6 Å². The number of carbonyl (C=O) groups excluding carboxylic acids is 2. The zero-order valence-electron chi connectivity index (χ0n) is 13.5. The van der Waals surface area contributed by atoms with E-state index in [2.05, 4.69) is 16.7 Å². The first-order chi connectivity index (χ1) is 10.5. The maximum atomic E-state index is 12.4. The maximum Gasteiger partial charge on any atom is 0.238 e. The maximum absolute atomic E-state index is 12.4. The molecule has 0 aromatic rings. The van der Waals surface area contributed by atoms with Crippen LogP contribution in [0.5, 0.6) is 0 Å². The number of hydrogen-bond acceptors (Lipinski definition) is 4. The van der Waals surface area contributed by atoms with E-state index in [1.54, 1.807) is 18.9 Å². The smallest absolute Gasteiger partial charge is 0.238 e. The summed E-state index contributed by atoms with van der Waals surface area (Å²) in [5.74, 6) is -0.220. The van der Waals surface area contributed by atoms with Crippen LogP contribution in [-0.4, -0.2) is 47.9 Å². The molecule has 2 rings (SSSR count). The Hall–Kier alpha value is -1.61. The van der Waals surface area contributed by atoms with Crippen molar-refractivity contribution in [1.29, 1.82) is 5.26 Å². The highest BCUT2D eigenvalue weighted by Crippen LogP contribution is 2.27. The summed E-state index contributed by atoms with van der Waals surface area (Å²) in [7, 11) is 1.76. The quantitative estimate of drug-likeness (QED) is 0.764. The molecule has 2 N–H and O–H groups in total. The molecule has 0 heterocycles. The van der Waals surface area contributed by atoms with E-state index in [0.717, 1.165) is 32.1 Å². The van der Waals surface area contributed by atoms with Crippen molar-refractivity contribution in [2.45, 2.75) is 69.5 Å². The molecular weight excluding hydrogens is 280 g/mol. The number of hydrogen-bond donors (Lipinski definition) is 2. The number of amides is 2. The van der Waals surface area contributed by atoms with E-state index in [4.69, 9.17) is 0 Å². The van der Waals surface area contributed by atoms with E-state index in [1.165, 1.54) is 0 Å². The molecule has 0 aliphatic heterocycles. The Kier molecular flexibility index (Phi) is 5.41. The van der Waals surface area contributed by atoms with Crippen molar-refractivity contribution in [1.82, 2.24) is 15.5 Å². The van der Waals surface area contributed by atoms with Crippen molar-refractivity contribution in [3.8, 4) is 6.07 Å². The Labute approximate surface area is 132 Å². The van der Waals surface area contributed by atoms with Gasteiger partial charge in [0.05, 0.1) is 18.7 Å². The van der Waals surface area contributed by atoms with Crippen LogP contribution in [0.4, 0.5) is 0 Å². The molecule has 0 saturated heterocycles. The Morgan fingerprint density at radius 3 is 2.50 bits per heavy atom. The second kappa shape index (κ2) is 7.10. The molecule has 2 fully saturated rings. The van der Waals surface area contributed by atoms with E-state index < -0.39 is 11.6 Å². The monoisotopic (exact) mass is 306 g/mol. The zero-order chi connectivity index (χ0) is 16.2. The Morgan fingerprint density at radius 2 is 1.95 bits per heavy atom. The highest BCUT2D eigenvalue weighted by atomic mass is 16.2. The van der Waals surface area contributed by atoms with Gasteiger partial charge in [-0.05, 0) is 39.7 Å². The van der Waals surface area contributed by atoms with Crippen molar-refractivity contribution in [3.63, 3.8) is 0 Å². The molecule has 2 saturated carbocycles. The normalized spacial score (nSPS) is 21.7. The SMILES string of the molecule is CC(C(=O)NC1(C#N)CCCCC1)N(C)CC(=O)NC1CC1. The van der Waals surface area contributed by atoms with Crippen molar-refractivity contribution in [2.24, 2.45) is 0 Å². The minimum absolute atomic E-state index is 0.0442. The summed E-state index contributed by atoms with van der Waals surface area (Å²) in [6.07, 6.45) is 6.61. The van der Waals surface area contributed by atoms with Crippen molar-refractivity contribution in [2.75, 3.05) is 13.6 Å². The number of carbonyl (C=O) groups is 2. The molecule has 22 heavy (non-hydrogen) atoms. The molecule has 0 aromatic heterocycles. The molecule has 1 atom stereocenters. The molecule has 0 radical (unpaired) electrons. The van der Waals surface area contributed by atoms with E-state index in [9.17, 15) is 14.9 Å². The van der Waals surface area contributed by atoms with Gasteiger partial charge in [-0.2, -0.15) is 5.26 Å². The first-order valence-electron chi connectivity index (χ1n) is 8.19. The Balaban J connectivity index is 1.84. The number of nitrogens with one attached hydrogen (secondary N) is 2. The van der Waals surface area contributed by atoms with Gasteiger partial charge in [0.25, 0.3) is 0 Å². The number of nitrogens with zero attached hydrogens (tertiary/aromatic N) is 2. The largest absolute Gasteiger partial charge is 0.352 e. The predicted molar refractivity (Wildman–Crippen MR) is 82.8 cm³/mol. The summed E-state index contributed by atoms with van der Waals surface area (Å²) in [5, 5.41) is 15.2. The summed E-state index contributed by atoms with van der Waals surface area (Å²) >= 11 is 0. The first-order valence-corrected chi connectivity index (χ1v) is 8.19. The predicted octanol–water partition coefficient (Wildman–Crippen LogP) is 0.928. The van der Waals surface area contributed by atoms with Crippen LogP contribution in [0.2, 0.25) is 0 Å². The number of likely N-dealkylation sites (N-methyl/N-ethyl adjacent to an activating group) is 1. The summed E-state index contributed by atoms with van der Waals surface area (Å²) in [6, 6.07) is 2.18. The average molecular weight is 306 g/mol. The number of nitriles is 1. The van der Waals surface area contributed by atoms with Crippen LogP contribution in [0, 0.1) is 11.3 Å². The van der Waals surface area contributed by atoms with Gasteiger partial charge in [-0.15, -0.1) is 0 Å². The van der Waals surface area contributed by atoms with Crippen LogP contribution >= 0.6 is 0 Å². The van der Waals surface area contributed by atoms with E-state index in [1.807, 2.05) is 0 Å². The molecule has 122 valence electrons. The van der Waals surface area contributed by atoms with Crippen LogP contribution in [0.1, 0.15) is 51.9 Å². The standard InChI is InChI=1S/C16H26N4O2/c1-12(20(2)10-14(21)18-13-6-7-13)15(22)19-16(11-17)8-4-3-5-9-16/h12-13H,3-10H2,1-2H3,(H,18,21)(H,19,22). The van der Waals surface area contributed by atoms with Crippen LogP contribution in [-0.2, 0) is 9.59 Å². The Morgan fingerprint density at radius 1 is 1.32 bits per heavy atom. The molecule has 1 unspecified atom stereocenters. The van der Waals surface area contributed by atoms with E-state index >= 15 is 0 Å². The van der Waals surface area contributed by atoms with Crippen molar-refractivity contribution in [3.05, 3.63) is 0 Å². The van der Waals surface area contributed by atoms with Gasteiger partial charge < -0.3 is 10.6 Å².